The van der Waals surface area contributed by atoms with Gasteiger partial charge in [0.05, 0.1) is 6.10 Å². The molecule has 2 aromatic rings. The van der Waals surface area contributed by atoms with Crippen LogP contribution >= 0.6 is 0 Å². The zero-order valence-corrected chi connectivity index (χ0v) is 12.0. The average Bonchev–Trinajstić information content (AvgIpc) is 3.03. The molecule has 0 spiro atoms. The van der Waals surface area contributed by atoms with Crippen molar-refractivity contribution in [3.8, 4) is 0 Å². The fourth-order valence-electron chi connectivity index (χ4n) is 2.34. The van der Waals surface area contributed by atoms with Crippen molar-refractivity contribution in [3.05, 3.63) is 41.5 Å². The van der Waals surface area contributed by atoms with Crippen LogP contribution in [0, 0.1) is 0 Å². The highest BCUT2D eigenvalue weighted by atomic mass is 16.5. The van der Waals surface area contributed by atoms with Gasteiger partial charge in [0, 0.05) is 37.5 Å². The third kappa shape index (κ3) is 3.16. The zero-order chi connectivity index (χ0) is 14.8. The van der Waals surface area contributed by atoms with E-state index in [1.807, 2.05) is 29.9 Å². The molecule has 1 aliphatic carbocycles. The molecule has 0 aliphatic heterocycles. The van der Waals surface area contributed by atoms with Crippen molar-refractivity contribution in [2.45, 2.75) is 31.3 Å². The first-order valence-corrected chi connectivity index (χ1v) is 7.19. The summed E-state index contributed by atoms with van der Waals surface area (Å²) in [6, 6.07) is 5.46. The summed E-state index contributed by atoms with van der Waals surface area (Å²) in [7, 11) is 1.88. The predicted molar refractivity (Wildman–Crippen MR) is 75.8 cm³/mol. The lowest BCUT2D eigenvalue weighted by Gasteiger charge is -2.12. The van der Waals surface area contributed by atoms with Gasteiger partial charge in [-0.3, -0.25) is 4.79 Å². The molecule has 6 heteroatoms. The molecule has 0 bridgehead atoms. The Kier molecular flexibility index (Phi) is 3.79. The van der Waals surface area contributed by atoms with Gasteiger partial charge in [-0.1, -0.05) is 5.16 Å². The maximum absolute atomic E-state index is 11.9. The van der Waals surface area contributed by atoms with Gasteiger partial charge in [0.1, 0.15) is 5.76 Å². The van der Waals surface area contributed by atoms with Crippen molar-refractivity contribution in [1.29, 1.82) is 0 Å². The van der Waals surface area contributed by atoms with Crippen LogP contribution in [0.1, 0.15) is 53.2 Å². The molecule has 1 fully saturated rings. The molecular weight excluding hydrogens is 270 g/mol. The Labute approximate surface area is 122 Å². The van der Waals surface area contributed by atoms with E-state index in [0.717, 1.165) is 24.3 Å². The smallest absolute Gasteiger partial charge is 0.273 e. The molecule has 1 atom stereocenters. The fourth-order valence-corrected chi connectivity index (χ4v) is 2.34. The molecule has 0 unspecified atom stereocenters. The summed E-state index contributed by atoms with van der Waals surface area (Å²) in [6.07, 6.45) is 3.96. The molecule has 1 aliphatic rings. The minimum atomic E-state index is -0.593. The summed E-state index contributed by atoms with van der Waals surface area (Å²) in [5, 5.41) is 16.6. The molecule has 2 N–H and O–H groups in total. The van der Waals surface area contributed by atoms with Crippen molar-refractivity contribution in [3.63, 3.8) is 0 Å². The number of carbonyl (C=O) groups excluding carboxylic acids is 1. The molecule has 1 saturated carbocycles. The molecular formula is C15H19N3O3. The molecule has 2 aromatic heterocycles. The number of rotatable bonds is 6. The highest BCUT2D eigenvalue weighted by Crippen LogP contribution is 2.40. The number of aromatic nitrogens is 2. The highest BCUT2D eigenvalue weighted by molar-refractivity contribution is 5.92. The largest absolute Gasteiger partial charge is 0.387 e. The number of nitrogens with one attached hydrogen (secondary N) is 1. The van der Waals surface area contributed by atoms with Crippen LogP contribution in [0.15, 0.2) is 28.9 Å². The van der Waals surface area contributed by atoms with Gasteiger partial charge in [0.2, 0.25) is 0 Å². The van der Waals surface area contributed by atoms with E-state index in [1.54, 1.807) is 6.07 Å². The molecule has 2 heterocycles. The van der Waals surface area contributed by atoms with E-state index >= 15 is 0 Å². The summed E-state index contributed by atoms with van der Waals surface area (Å²) in [6.45, 7) is 0.386. The Hall–Kier alpha value is -2.08. The second-order valence-electron chi connectivity index (χ2n) is 5.49. The number of amides is 1. The monoisotopic (exact) mass is 289 g/mol. The summed E-state index contributed by atoms with van der Waals surface area (Å²) in [4.78, 5) is 11.9. The van der Waals surface area contributed by atoms with E-state index in [1.165, 1.54) is 0 Å². The average molecular weight is 289 g/mol. The van der Waals surface area contributed by atoms with Crippen molar-refractivity contribution in [2.75, 3.05) is 6.54 Å². The van der Waals surface area contributed by atoms with Crippen LogP contribution in [0.3, 0.4) is 0 Å². The lowest BCUT2D eigenvalue weighted by atomic mass is 10.2. The Balaban J connectivity index is 1.48. The standard InChI is InChI=1S/C15H19N3O3/c1-18-8-2-3-12(18)13(19)6-7-16-15(20)11-9-14(21-17-11)10-4-5-10/h2-3,8-10,13,19H,4-7H2,1H3,(H,16,20)/t13-/m1/s1. The van der Waals surface area contributed by atoms with Gasteiger partial charge in [-0.15, -0.1) is 0 Å². The summed E-state index contributed by atoms with van der Waals surface area (Å²) in [5.41, 5.74) is 1.15. The first kappa shape index (κ1) is 13.9. The zero-order valence-electron chi connectivity index (χ0n) is 12.0. The number of nitrogens with zero attached hydrogens (tertiary/aromatic N) is 2. The van der Waals surface area contributed by atoms with Crippen LogP contribution in [-0.2, 0) is 7.05 Å². The van der Waals surface area contributed by atoms with E-state index in [2.05, 4.69) is 10.5 Å². The second kappa shape index (κ2) is 5.73. The van der Waals surface area contributed by atoms with Crippen LogP contribution in [0.5, 0.6) is 0 Å². The third-order valence-corrected chi connectivity index (χ3v) is 3.77. The molecule has 21 heavy (non-hydrogen) atoms. The maximum atomic E-state index is 11.9. The van der Waals surface area contributed by atoms with Crippen LogP contribution in [0.4, 0.5) is 0 Å². The van der Waals surface area contributed by atoms with E-state index in [9.17, 15) is 9.90 Å². The van der Waals surface area contributed by atoms with Crippen LogP contribution in [-0.4, -0.2) is 27.3 Å². The quantitative estimate of drug-likeness (QED) is 0.849. The topological polar surface area (TPSA) is 80.3 Å². The predicted octanol–water partition coefficient (Wildman–Crippen LogP) is 1.74. The number of hydrogen-bond acceptors (Lipinski definition) is 4. The van der Waals surface area contributed by atoms with E-state index < -0.39 is 6.10 Å². The van der Waals surface area contributed by atoms with Gasteiger partial charge in [-0.2, -0.15) is 0 Å². The van der Waals surface area contributed by atoms with Gasteiger partial charge >= 0.3 is 0 Å². The van der Waals surface area contributed by atoms with Gasteiger partial charge in [0.15, 0.2) is 5.69 Å². The van der Waals surface area contributed by atoms with E-state index in [4.69, 9.17) is 4.52 Å². The summed E-state index contributed by atoms with van der Waals surface area (Å²) >= 11 is 0. The Morgan fingerprint density at radius 1 is 1.62 bits per heavy atom. The normalized spacial score (nSPS) is 15.9. The summed E-state index contributed by atoms with van der Waals surface area (Å²) < 4.78 is 7.02. The van der Waals surface area contributed by atoms with Gasteiger partial charge in [-0.25, -0.2) is 0 Å². The third-order valence-electron chi connectivity index (χ3n) is 3.77. The van der Waals surface area contributed by atoms with Crippen molar-refractivity contribution in [2.24, 2.45) is 7.05 Å². The number of aliphatic hydroxyl groups excluding tert-OH is 1. The number of aryl methyl sites for hydroxylation is 1. The molecule has 112 valence electrons. The van der Waals surface area contributed by atoms with Crippen molar-refractivity contribution < 1.29 is 14.4 Å². The lowest BCUT2D eigenvalue weighted by molar-refractivity contribution is 0.0932. The maximum Gasteiger partial charge on any atom is 0.273 e. The lowest BCUT2D eigenvalue weighted by Crippen LogP contribution is -2.26. The van der Waals surface area contributed by atoms with Crippen LogP contribution in [0.2, 0.25) is 0 Å². The Morgan fingerprint density at radius 3 is 3.10 bits per heavy atom. The van der Waals surface area contributed by atoms with Crippen molar-refractivity contribution >= 4 is 5.91 Å². The second-order valence-corrected chi connectivity index (χ2v) is 5.49. The van der Waals surface area contributed by atoms with Crippen LogP contribution in [0.25, 0.3) is 0 Å². The Bertz CT molecular complexity index is 628. The molecule has 1 amide bonds. The number of aliphatic hydroxyl groups is 1. The fraction of sp³-hybridized carbons (Fsp3) is 0.467. The Morgan fingerprint density at radius 2 is 2.43 bits per heavy atom. The van der Waals surface area contributed by atoms with E-state index in [-0.39, 0.29) is 5.91 Å². The highest BCUT2D eigenvalue weighted by Gasteiger charge is 2.28. The van der Waals surface area contributed by atoms with Gasteiger partial charge in [-0.05, 0) is 31.4 Å². The van der Waals surface area contributed by atoms with Crippen molar-refractivity contribution in [1.82, 2.24) is 15.0 Å². The molecule has 0 radical (unpaired) electrons. The first-order valence-electron chi connectivity index (χ1n) is 7.19. The molecule has 0 saturated heterocycles. The summed E-state index contributed by atoms with van der Waals surface area (Å²) in [5.74, 6) is 0.979. The first-order chi connectivity index (χ1) is 10.1. The van der Waals surface area contributed by atoms with Gasteiger partial charge < -0.3 is 19.5 Å². The van der Waals surface area contributed by atoms with Gasteiger partial charge in [0.25, 0.3) is 5.91 Å². The number of hydrogen-bond donors (Lipinski definition) is 2. The minimum Gasteiger partial charge on any atom is -0.387 e. The SMILES string of the molecule is Cn1cccc1[C@H](O)CCNC(=O)c1cc(C2CC2)on1. The molecule has 3 rings (SSSR count). The molecule has 6 nitrogen and oxygen atoms in total. The molecule has 0 aromatic carbocycles. The minimum absolute atomic E-state index is 0.260. The van der Waals surface area contributed by atoms with E-state index in [0.29, 0.717) is 24.6 Å². The van der Waals surface area contributed by atoms with Crippen LogP contribution < -0.4 is 5.32 Å². The number of carbonyl (C=O) groups is 1.